The minimum Gasteiger partial charge on any atom is -0.462 e. The minimum atomic E-state index is 0.0413. The first kappa shape index (κ1) is 26.0. The highest BCUT2D eigenvalue weighted by molar-refractivity contribution is 5.91. The van der Waals surface area contributed by atoms with Crippen molar-refractivity contribution in [2.75, 3.05) is 0 Å². The lowest BCUT2D eigenvalue weighted by Crippen LogP contribution is -2.54. The molecule has 4 rings (SSSR count). The molecule has 0 spiro atoms. The molecule has 3 heteroatoms. The van der Waals surface area contributed by atoms with Gasteiger partial charge in [0.2, 0.25) is 0 Å². The van der Waals surface area contributed by atoms with Gasteiger partial charge in [-0.1, -0.05) is 78.2 Å². The van der Waals surface area contributed by atoms with Crippen LogP contribution in [0.4, 0.5) is 0 Å². The summed E-state index contributed by atoms with van der Waals surface area (Å²) < 4.78 is 6.21. The molecule has 0 heterocycles. The number of unbranched alkanes of at least 4 members (excludes halogenated alkanes) is 7. The zero-order chi connectivity index (χ0) is 24.3. The van der Waals surface area contributed by atoms with Crippen LogP contribution in [0.5, 0.6) is 0 Å². The Bertz CT molecular complexity index is 769. The summed E-state index contributed by atoms with van der Waals surface area (Å²) in [4.78, 5) is 24.9. The summed E-state index contributed by atoms with van der Waals surface area (Å²) in [5.74, 6) is 3.03. The SMILES string of the molecule is CCCCCCCCCCC(=O)O[C@H]1CCC2C3C(CC[C@@]21C)[C@@]1(C)CCC(=O)C=C1C[C@@H]3C. The van der Waals surface area contributed by atoms with Gasteiger partial charge in [0.1, 0.15) is 6.10 Å². The smallest absolute Gasteiger partial charge is 0.306 e. The average Bonchev–Trinajstić information content (AvgIpc) is 3.13. The number of rotatable bonds is 10. The van der Waals surface area contributed by atoms with E-state index in [9.17, 15) is 9.59 Å². The van der Waals surface area contributed by atoms with Crippen LogP contribution in [0.3, 0.4) is 0 Å². The van der Waals surface area contributed by atoms with E-state index < -0.39 is 0 Å². The Morgan fingerprint density at radius 2 is 1.68 bits per heavy atom. The van der Waals surface area contributed by atoms with E-state index in [2.05, 4.69) is 27.7 Å². The van der Waals surface area contributed by atoms with Gasteiger partial charge in [-0.15, -0.1) is 0 Å². The van der Waals surface area contributed by atoms with Crippen LogP contribution in [0, 0.1) is 34.5 Å². The zero-order valence-corrected chi connectivity index (χ0v) is 22.5. The first-order valence-corrected chi connectivity index (χ1v) is 14.7. The van der Waals surface area contributed by atoms with Crippen molar-refractivity contribution in [3.8, 4) is 0 Å². The van der Waals surface area contributed by atoms with E-state index in [-0.39, 0.29) is 22.9 Å². The van der Waals surface area contributed by atoms with Crippen LogP contribution in [0.25, 0.3) is 0 Å². The second kappa shape index (κ2) is 10.9. The van der Waals surface area contributed by atoms with Crippen molar-refractivity contribution in [3.63, 3.8) is 0 Å². The molecule has 0 bridgehead atoms. The van der Waals surface area contributed by atoms with Crippen molar-refractivity contribution >= 4 is 11.8 Å². The quantitative estimate of drug-likeness (QED) is 0.239. The van der Waals surface area contributed by atoms with Crippen molar-refractivity contribution < 1.29 is 14.3 Å². The minimum absolute atomic E-state index is 0.0413. The average molecular weight is 471 g/mol. The maximum Gasteiger partial charge on any atom is 0.306 e. The first-order valence-electron chi connectivity index (χ1n) is 14.7. The van der Waals surface area contributed by atoms with Gasteiger partial charge in [-0.3, -0.25) is 9.59 Å². The number of hydrogen-bond acceptors (Lipinski definition) is 3. The van der Waals surface area contributed by atoms with Crippen LogP contribution in [0.15, 0.2) is 11.6 Å². The lowest BCUT2D eigenvalue weighted by atomic mass is 9.45. The molecule has 0 saturated heterocycles. The number of allylic oxidation sites excluding steroid dienone is 1. The van der Waals surface area contributed by atoms with Crippen molar-refractivity contribution in [3.05, 3.63) is 11.6 Å². The van der Waals surface area contributed by atoms with Crippen molar-refractivity contribution in [2.45, 2.75) is 137 Å². The zero-order valence-electron chi connectivity index (χ0n) is 22.5. The Labute approximate surface area is 208 Å². The largest absolute Gasteiger partial charge is 0.462 e. The van der Waals surface area contributed by atoms with E-state index in [0.29, 0.717) is 35.9 Å². The Balaban J connectivity index is 1.31. The summed E-state index contributed by atoms with van der Waals surface area (Å²) in [7, 11) is 0. The number of ketones is 1. The summed E-state index contributed by atoms with van der Waals surface area (Å²) in [6, 6.07) is 0. The van der Waals surface area contributed by atoms with Crippen LogP contribution in [0.2, 0.25) is 0 Å². The molecule has 34 heavy (non-hydrogen) atoms. The third kappa shape index (κ3) is 5.05. The molecule has 7 atom stereocenters. The molecule has 3 fully saturated rings. The van der Waals surface area contributed by atoms with Crippen LogP contribution < -0.4 is 0 Å². The topological polar surface area (TPSA) is 43.4 Å². The predicted octanol–water partition coefficient (Wildman–Crippen LogP) is 8.21. The number of fused-ring (bicyclic) bond motifs is 5. The van der Waals surface area contributed by atoms with E-state index in [0.717, 1.165) is 44.9 Å². The molecule has 192 valence electrons. The highest BCUT2D eigenvalue weighted by Gasteiger charge is 2.61. The second-order valence-electron chi connectivity index (χ2n) is 12.9. The van der Waals surface area contributed by atoms with E-state index in [4.69, 9.17) is 4.74 Å². The molecule has 4 aliphatic carbocycles. The molecule has 0 radical (unpaired) electrons. The van der Waals surface area contributed by atoms with Crippen molar-refractivity contribution in [1.29, 1.82) is 0 Å². The van der Waals surface area contributed by atoms with Gasteiger partial charge < -0.3 is 4.74 Å². The molecule has 0 aromatic carbocycles. The maximum atomic E-state index is 12.7. The first-order chi connectivity index (χ1) is 16.3. The fourth-order valence-electron chi connectivity index (χ4n) is 8.67. The van der Waals surface area contributed by atoms with E-state index in [1.165, 1.54) is 56.9 Å². The highest BCUT2D eigenvalue weighted by atomic mass is 16.5. The lowest BCUT2D eigenvalue weighted by molar-refractivity contribution is -0.161. The van der Waals surface area contributed by atoms with Gasteiger partial charge in [0.25, 0.3) is 0 Å². The molecule has 3 saturated carbocycles. The standard InChI is InChI=1S/C31H50O3/c1-5-6-7-8-9-10-11-12-13-28(33)34-27-15-14-25-29-22(2)20-23-21-24(32)16-18-30(23,3)26(29)17-19-31(25,27)4/h21-22,25-27,29H,5-20H2,1-4H3/t22-,25?,26?,27-,29?,30-,31-/m0/s1. The summed E-state index contributed by atoms with van der Waals surface area (Å²) in [6.45, 7) is 9.56. The Hall–Kier alpha value is -1.12. The Kier molecular flexibility index (Phi) is 8.30. The summed E-state index contributed by atoms with van der Waals surface area (Å²) in [5.41, 5.74) is 1.77. The number of carbonyl (C=O) groups excluding carboxylic acids is 2. The van der Waals surface area contributed by atoms with Crippen LogP contribution in [-0.2, 0) is 14.3 Å². The summed E-state index contributed by atoms with van der Waals surface area (Å²) in [6.07, 6.45) is 20.2. The van der Waals surface area contributed by atoms with Gasteiger partial charge >= 0.3 is 5.97 Å². The van der Waals surface area contributed by atoms with Gasteiger partial charge in [-0.2, -0.15) is 0 Å². The Morgan fingerprint density at radius 3 is 2.41 bits per heavy atom. The van der Waals surface area contributed by atoms with Crippen molar-refractivity contribution in [1.82, 2.24) is 0 Å². The van der Waals surface area contributed by atoms with Crippen LogP contribution in [0.1, 0.15) is 130 Å². The van der Waals surface area contributed by atoms with Crippen LogP contribution >= 0.6 is 0 Å². The Morgan fingerprint density at radius 1 is 0.971 bits per heavy atom. The summed E-state index contributed by atoms with van der Waals surface area (Å²) >= 11 is 0. The second-order valence-corrected chi connectivity index (χ2v) is 12.9. The van der Waals surface area contributed by atoms with E-state index in [1.807, 2.05) is 6.08 Å². The van der Waals surface area contributed by atoms with E-state index >= 15 is 0 Å². The fourth-order valence-corrected chi connectivity index (χ4v) is 8.67. The molecule has 0 amide bonds. The lowest BCUT2D eigenvalue weighted by Gasteiger charge is -2.59. The molecule has 3 nitrogen and oxygen atoms in total. The molecule has 3 unspecified atom stereocenters. The molecule has 4 aliphatic rings. The van der Waals surface area contributed by atoms with E-state index in [1.54, 1.807) is 0 Å². The molecule has 0 N–H and O–H groups in total. The van der Waals surface area contributed by atoms with Crippen LogP contribution in [-0.4, -0.2) is 17.9 Å². The van der Waals surface area contributed by atoms with Gasteiger partial charge in [-0.25, -0.2) is 0 Å². The highest BCUT2D eigenvalue weighted by Crippen LogP contribution is 2.66. The third-order valence-corrected chi connectivity index (χ3v) is 10.7. The van der Waals surface area contributed by atoms with Crippen molar-refractivity contribution in [2.24, 2.45) is 34.5 Å². The van der Waals surface area contributed by atoms with Gasteiger partial charge in [0, 0.05) is 18.3 Å². The van der Waals surface area contributed by atoms with Gasteiger partial charge in [-0.05, 0) is 80.1 Å². The van der Waals surface area contributed by atoms with Gasteiger partial charge in [0.15, 0.2) is 5.78 Å². The monoisotopic (exact) mass is 470 g/mol. The molecule has 0 aromatic heterocycles. The number of carbonyl (C=O) groups is 2. The molecular weight excluding hydrogens is 420 g/mol. The fraction of sp³-hybridized carbons (Fsp3) is 0.871. The number of esters is 1. The molecule has 0 aliphatic heterocycles. The maximum absolute atomic E-state index is 12.7. The molecular formula is C31H50O3. The summed E-state index contributed by atoms with van der Waals surface area (Å²) in [5, 5.41) is 0. The third-order valence-electron chi connectivity index (χ3n) is 10.7. The number of ether oxygens (including phenoxy) is 1. The predicted molar refractivity (Wildman–Crippen MR) is 138 cm³/mol. The normalized spacial score (nSPS) is 39.1. The number of hydrogen-bond donors (Lipinski definition) is 0. The molecule has 0 aromatic rings. The van der Waals surface area contributed by atoms with Gasteiger partial charge in [0.05, 0.1) is 0 Å².